The Hall–Kier alpha value is -2.75. The van der Waals surface area contributed by atoms with Gasteiger partial charge in [-0.25, -0.2) is 4.79 Å². The van der Waals surface area contributed by atoms with Crippen LogP contribution in [0.25, 0.3) is 0 Å². The second kappa shape index (κ2) is 8.03. The van der Waals surface area contributed by atoms with Crippen LogP contribution in [0.4, 0.5) is 0 Å². The zero-order chi connectivity index (χ0) is 16.7. The Labute approximate surface area is 136 Å². The Morgan fingerprint density at radius 2 is 1.83 bits per heavy atom. The number of hydrogen-bond donors (Lipinski definition) is 1. The molecule has 0 saturated carbocycles. The predicted molar refractivity (Wildman–Crippen MR) is 88.7 cm³/mol. The number of rotatable bonds is 6. The molecule has 0 aliphatic heterocycles. The first-order valence-electron chi connectivity index (χ1n) is 7.46. The van der Waals surface area contributed by atoms with E-state index in [1.807, 2.05) is 55.5 Å². The van der Waals surface area contributed by atoms with Crippen LogP contribution in [0.5, 0.6) is 11.5 Å². The van der Waals surface area contributed by atoms with Crippen LogP contribution in [-0.4, -0.2) is 17.7 Å². The summed E-state index contributed by atoms with van der Waals surface area (Å²) in [7, 11) is 0. The minimum absolute atomic E-state index is 0.208. The second-order valence-electron chi connectivity index (χ2n) is 5.12. The van der Waals surface area contributed by atoms with E-state index >= 15 is 0 Å². The van der Waals surface area contributed by atoms with E-state index in [9.17, 15) is 9.90 Å². The van der Waals surface area contributed by atoms with Crippen LogP contribution in [0.1, 0.15) is 18.1 Å². The highest BCUT2D eigenvalue weighted by atomic mass is 16.5. The van der Waals surface area contributed by atoms with Crippen molar-refractivity contribution in [2.24, 2.45) is 0 Å². The molecule has 0 atom stereocenters. The number of carbonyl (C=O) groups is 1. The molecule has 0 bridgehead atoms. The number of carbonyl (C=O) groups excluding carboxylic acids is 1. The molecule has 0 aromatic heterocycles. The van der Waals surface area contributed by atoms with Crippen molar-refractivity contribution in [3.8, 4) is 11.5 Å². The second-order valence-corrected chi connectivity index (χ2v) is 5.12. The van der Waals surface area contributed by atoms with Gasteiger partial charge in [-0.2, -0.15) is 0 Å². The number of aliphatic hydroxyl groups is 1. The van der Waals surface area contributed by atoms with Gasteiger partial charge in [-0.3, -0.25) is 0 Å². The lowest BCUT2D eigenvalue weighted by Gasteiger charge is -2.09. The monoisotopic (exact) mass is 312 g/mol. The van der Waals surface area contributed by atoms with Gasteiger partial charge in [0.1, 0.15) is 11.5 Å². The summed E-state index contributed by atoms with van der Waals surface area (Å²) in [6, 6.07) is 15.2. The molecule has 0 aliphatic carbocycles. The van der Waals surface area contributed by atoms with Gasteiger partial charge >= 0.3 is 5.97 Å². The third-order valence-electron chi connectivity index (χ3n) is 3.21. The van der Waals surface area contributed by atoms with Crippen LogP contribution >= 0.6 is 0 Å². The molecular weight excluding hydrogens is 292 g/mol. The van der Waals surface area contributed by atoms with Gasteiger partial charge in [-0.1, -0.05) is 24.3 Å². The summed E-state index contributed by atoms with van der Waals surface area (Å²) < 4.78 is 10.7. The summed E-state index contributed by atoms with van der Waals surface area (Å²) in [5.74, 6) is 0.916. The Bertz CT molecular complexity index is 704. The number of benzene rings is 2. The number of esters is 1. The van der Waals surface area contributed by atoms with Crippen LogP contribution in [-0.2, 0) is 16.0 Å². The molecule has 0 unspecified atom stereocenters. The molecular formula is C19H20O4. The molecule has 23 heavy (non-hydrogen) atoms. The lowest BCUT2D eigenvalue weighted by atomic mass is 10.1. The lowest BCUT2D eigenvalue weighted by molar-refractivity contribution is -0.138. The molecule has 2 aromatic rings. The van der Waals surface area contributed by atoms with Crippen molar-refractivity contribution in [2.45, 2.75) is 20.3 Å². The maximum absolute atomic E-state index is 11.7. The summed E-state index contributed by atoms with van der Waals surface area (Å²) in [4.78, 5) is 11.7. The quantitative estimate of drug-likeness (QED) is 0.490. The van der Waals surface area contributed by atoms with Crippen LogP contribution in [0.15, 0.2) is 60.4 Å². The summed E-state index contributed by atoms with van der Waals surface area (Å²) in [5.41, 5.74) is 2.18. The molecule has 120 valence electrons. The maximum atomic E-state index is 11.7. The average Bonchev–Trinajstić information content (AvgIpc) is 2.53. The van der Waals surface area contributed by atoms with Gasteiger partial charge in [-0.15, -0.1) is 0 Å². The fraction of sp³-hybridized carbons (Fsp3) is 0.211. The fourth-order valence-electron chi connectivity index (χ4n) is 2.15. The van der Waals surface area contributed by atoms with Gasteiger partial charge in [0.15, 0.2) is 0 Å². The standard InChI is InChI=1S/C19H20O4/c1-3-22-19(21)16(13-20)11-15-7-5-9-18(12-15)23-17-8-4-6-14(2)10-17/h4-10,12-13,20H,3,11H2,1-2H3/b16-13+. The van der Waals surface area contributed by atoms with Gasteiger partial charge < -0.3 is 14.6 Å². The molecule has 0 amide bonds. The Kier molecular flexibility index (Phi) is 5.80. The minimum atomic E-state index is -0.514. The van der Waals surface area contributed by atoms with Crippen molar-refractivity contribution >= 4 is 5.97 Å². The zero-order valence-corrected chi connectivity index (χ0v) is 13.3. The van der Waals surface area contributed by atoms with E-state index in [2.05, 4.69) is 0 Å². The molecule has 0 saturated heterocycles. The van der Waals surface area contributed by atoms with Crippen molar-refractivity contribution in [3.63, 3.8) is 0 Å². The number of hydrogen-bond acceptors (Lipinski definition) is 4. The SMILES string of the molecule is CCOC(=O)/C(=C/O)Cc1cccc(Oc2cccc(C)c2)c1. The van der Waals surface area contributed by atoms with Crippen LogP contribution < -0.4 is 4.74 Å². The molecule has 0 aliphatic rings. The topological polar surface area (TPSA) is 55.8 Å². The van der Waals surface area contributed by atoms with E-state index in [0.29, 0.717) is 5.75 Å². The first kappa shape index (κ1) is 16.6. The lowest BCUT2D eigenvalue weighted by Crippen LogP contribution is -2.10. The summed E-state index contributed by atoms with van der Waals surface area (Å²) in [6.45, 7) is 4.00. The van der Waals surface area contributed by atoms with Crippen LogP contribution in [0, 0.1) is 6.92 Å². The van der Waals surface area contributed by atoms with Crippen molar-refractivity contribution < 1.29 is 19.4 Å². The normalized spacial score (nSPS) is 11.1. The van der Waals surface area contributed by atoms with E-state index in [1.54, 1.807) is 6.92 Å². The molecule has 4 heteroatoms. The van der Waals surface area contributed by atoms with Crippen molar-refractivity contribution in [2.75, 3.05) is 6.61 Å². The summed E-state index contributed by atoms with van der Waals surface area (Å²) >= 11 is 0. The minimum Gasteiger partial charge on any atom is -0.515 e. The first-order valence-corrected chi connectivity index (χ1v) is 7.46. The third-order valence-corrected chi connectivity index (χ3v) is 3.21. The van der Waals surface area contributed by atoms with Crippen molar-refractivity contribution in [1.29, 1.82) is 0 Å². The molecule has 0 spiro atoms. The van der Waals surface area contributed by atoms with Gasteiger partial charge in [0.2, 0.25) is 0 Å². The van der Waals surface area contributed by atoms with Gasteiger partial charge in [0, 0.05) is 6.42 Å². The van der Waals surface area contributed by atoms with Gasteiger partial charge in [0.25, 0.3) is 0 Å². The highest BCUT2D eigenvalue weighted by Gasteiger charge is 2.12. The van der Waals surface area contributed by atoms with E-state index in [4.69, 9.17) is 9.47 Å². The molecule has 1 N–H and O–H groups in total. The highest BCUT2D eigenvalue weighted by Crippen LogP contribution is 2.24. The van der Waals surface area contributed by atoms with Crippen LogP contribution in [0.3, 0.4) is 0 Å². The van der Waals surface area contributed by atoms with E-state index in [-0.39, 0.29) is 18.6 Å². The van der Waals surface area contributed by atoms with E-state index < -0.39 is 5.97 Å². The number of aliphatic hydroxyl groups excluding tert-OH is 1. The summed E-state index contributed by atoms with van der Waals surface area (Å²) in [5, 5.41) is 9.23. The fourth-order valence-corrected chi connectivity index (χ4v) is 2.15. The summed E-state index contributed by atoms with van der Waals surface area (Å²) in [6.07, 6.45) is 1.08. The average molecular weight is 312 g/mol. The first-order chi connectivity index (χ1) is 11.1. The third kappa shape index (κ3) is 4.88. The Morgan fingerprint density at radius 3 is 2.48 bits per heavy atom. The molecule has 0 fully saturated rings. The van der Waals surface area contributed by atoms with Gasteiger partial charge in [0.05, 0.1) is 18.4 Å². The molecule has 2 aromatic carbocycles. The number of aryl methyl sites for hydroxylation is 1. The molecule has 4 nitrogen and oxygen atoms in total. The van der Waals surface area contributed by atoms with E-state index in [0.717, 1.165) is 23.1 Å². The Morgan fingerprint density at radius 1 is 1.13 bits per heavy atom. The van der Waals surface area contributed by atoms with Crippen molar-refractivity contribution in [3.05, 3.63) is 71.5 Å². The largest absolute Gasteiger partial charge is 0.515 e. The predicted octanol–water partition coefficient (Wildman–Crippen LogP) is 4.33. The van der Waals surface area contributed by atoms with E-state index in [1.165, 1.54) is 0 Å². The van der Waals surface area contributed by atoms with Crippen molar-refractivity contribution in [1.82, 2.24) is 0 Å². The molecule has 0 heterocycles. The van der Waals surface area contributed by atoms with Gasteiger partial charge in [-0.05, 0) is 49.2 Å². The molecule has 0 radical (unpaired) electrons. The highest BCUT2D eigenvalue weighted by molar-refractivity contribution is 5.88. The zero-order valence-electron chi connectivity index (χ0n) is 13.3. The van der Waals surface area contributed by atoms with Crippen LogP contribution in [0.2, 0.25) is 0 Å². The Balaban J connectivity index is 2.12. The number of ether oxygens (including phenoxy) is 2. The maximum Gasteiger partial charge on any atom is 0.337 e. The molecule has 2 rings (SSSR count). The smallest absolute Gasteiger partial charge is 0.337 e.